The first kappa shape index (κ1) is 14.3. The van der Waals surface area contributed by atoms with Crippen LogP contribution in [-0.4, -0.2) is 26.3 Å². The number of benzene rings is 2. The number of nitro groups is 1. The summed E-state index contributed by atoms with van der Waals surface area (Å²) in [5, 5.41) is 41.4. The van der Waals surface area contributed by atoms with E-state index in [1.807, 2.05) is 0 Å². The average molecular weight is 315 g/mol. The van der Waals surface area contributed by atoms with E-state index in [1.54, 1.807) is 0 Å². The first-order valence-corrected chi connectivity index (χ1v) is 6.18. The van der Waals surface area contributed by atoms with Gasteiger partial charge in [0.1, 0.15) is 11.2 Å². The second-order valence-electron chi connectivity index (χ2n) is 4.49. The molecule has 0 aliphatic rings. The number of hydrogen-bond donors (Lipinski definition) is 2. The molecule has 2 N–H and O–H groups in total. The van der Waals surface area contributed by atoms with Crippen LogP contribution in [0, 0.1) is 10.1 Å². The number of carbonyl (C=O) groups is 1. The number of hydrogen-bond acceptors (Lipinski definition) is 8. The second kappa shape index (κ2) is 5.26. The molecular weight excluding hydrogens is 308 g/mol. The molecule has 1 aromatic heterocycles. The van der Waals surface area contributed by atoms with Gasteiger partial charge in [0.05, 0.1) is 10.5 Å². The van der Waals surface area contributed by atoms with Crippen LogP contribution in [0.25, 0.3) is 11.0 Å². The second-order valence-corrected chi connectivity index (χ2v) is 4.49. The Kier molecular flexibility index (Phi) is 3.26. The molecule has 0 amide bonds. The smallest absolute Gasteiger partial charge is 0.335 e. The van der Waals surface area contributed by atoms with Crippen molar-refractivity contribution in [3.05, 3.63) is 46.0 Å². The summed E-state index contributed by atoms with van der Waals surface area (Å²) in [5.74, 6) is -2.04. The molecule has 0 bridgehead atoms. The van der Waals surface area contributed by atoms with E-state index in [1.165, 1.54) is 18.2 Å². The Bertz CT molecular complexity index is 935. The van der Waals surface area contributed by atoms with Gasteiger partial charge in [-0.05, 0) is 34.6 Å². The summed E-state index contributed by atoms with van der Waals surface area (Å²) >= 11 is 0. The molecule has 1 heterocycles. The minimum Gasteiger partial charge on any atom is -0.872 e. The van der Waals surface area contributed by atoms with E-state index in [2.05, 4.69) is 20.3 Å². The standard InChI is InChI=1S/C13H8N4O6/c18-10-4-1-6(5-7(10)13(19)20)14-9-3-2-8-11(16-23-15-8)12(9)17(21)22/h1-5,14,18H,(H,19,20)/p-1. The quantitative estimate of drug-likeness (QED) is 0.539. The van der Waals surface area contributed by atoms with Crippen LogP contribution in [0.3, 0.4) is 0 Å². The molecule has 0 saturated heterocycles. The zero-order chi connectivity index (χ0) is 16.6. The lowest BCUT2D eigenvalue weighted by molar-refractivity contribution is -0.382. The van der Waals surface area contributed by atoms with Crippen molar-refractivity contribution in [2.24, 2.45) is 0 Å². The van der Waals surface area contributed by atoms with Gasteiger partial charge < -0.3 is 15.5 Å². The normalized spacial score (nSPS) is 10.6. The highest BCUT2D eigenvalue weighted by molar-refractivity contribution is 5.94. The highest BCUT2D eigenvalue weighted by atomic mass is 16.6. The lowest BCUT2D eigenvalue weighted by atomic mass is 10.1. The Morgan fingerprint density at radius 3 is 2.74 bits per heavy atom. The molecule has 10 heteroatoms. The van der Waals surface area contributed by atoms with Crippen molar-refractivity contribution in [3.8, 4) is 5.75 Å². The summed E-state index contributed by atoms with van der Waals surface area (Å²) in [7, 11) is 0. The van der Waals surface area contributed by atoms with Crippen LogP contribution in [0.2, 0.25) is 0 Å². The molecule has 0 aliphatic heterocycles. The third-order valence-corrected chi connectivity index (χ3v) is 3.07. The zero-order valence-corrected chi connectivity index (χ0v) is 11.2. The lowest BCUT2D eigenvalue weighted by Gasteiger charge is -2.13. The van der Waals surface area contributed by atoms with Crippen molar-refractivity contribution in [2.45, 2.75) is 0 Å². The summed E-state index contributed by atoms with van der Waals surface area (Å²) in [6, 6.07) is 6.33. The lowest BCUT2D eigenvalue weighted by Crippen LogP contribution is -2.05. The van der Waals surface area contributed by atoms with Crippen LogP contribution in [0.15, 0.2) is 35.0 Å². The number of carboxylic acid groups (broad SMARTS) is 1. The third kappa shape index (κ3) is 2.48. The molecule has 0 atom stereocenters. The molecular formula is C13H7N4O6-. The fourth-order valence-electron chi connectivity index (χ4n) is 2.05. The number of anilines is 2. The Morgan fingerprint density at radius 1 is 1.26 bits per heavy atom. The summed E-state index contributed by atoms with van der Waals surface area (Å²) in [6.45, 7) is 0. The minimum atomic E-state index is -1.38. The van der Waals surface area contributed by atoms with Crippen molar-refractivity contribution in [3.63, 3.8) is 0 Å². The van der Waals surface area contributed by atoms with Gasteiger partial charge >= 0.3 is 11.7 Å². The van der Waals surface area contributed by atoms with E-state index in [9.17, 15) is 20.0 Å². The molecule has 0 saturated carbocycles. The number of fused-ring (bicyclic) bond motifs is 1. The third-order valence-electron chi connectivity index (χ3n) is 3.07. The number of aromatic carboxylic acids is 1. The minimum absolute atomic E-state index is 0.0427. The molecule has 0 unspecified atom stereocenters. The van der Waals surface area contributed by atoms with Crippen molar-refractivity contribution < 1.29 is 24.6 Å². The summed E-state index contributed by atoms with van der Waals surface area (Å²) in [6.07, 6.45) is 0. The fourth-order valence-corrected chi connectivity index (χ4v) is 2.05. The number of aromatic nitrogens is 2. The highest BCUT2D eigenvalue weighted by Crippen LogP contribution is 2.34. The predicted octanol–water partition coefficient (Wildman–Crippen LogP) is 1.65. The monoisotopic (exact) mass is 315 g/mol. The number of nitrogens with zero attached hydrogens (tertiary/aromatic N) is 3. The number of nitro benzene ring substituents is 1. The van der Waals surface area contributed by atoms with Crippen LogP contribution in [-0.2, 0) is 0 Å². The van der Waals surface area contributed by atoms with Crippen LogP contribution in [0.5, 0.6) is 5.75 Å². The van der Waals surface area contributed by atoms with E-state index in [4.69, 9.17) is 5.11 Å². The van der Waals surface area contributed by atoms with Gasteiger partial charge in [-0.25, -0.2) is 9.42 Å². The van der Waals surface area contributed by atoms with E-state index in [-0.39, 0.29) is 28.1 Å². The van der Waals surface area contributed by atoms with E-state index < -0.39 is 22.2 Å². The largest absolute Gasteiger partial charge is 0.872 e. The molecule has 10 nitrogen and oxygen atoms in total. The average Bonchev–Trinajstić information content (AvgIpc) is 2.96. The Labute approximate surface area is 127 Å². The molecule has 116 valence electrons. The van der Waals surface area contributed by atoms with Gasteiger partial charge in [-0.1, -0.05) is 11.8 Å². The number of nitrogens with one attached hydrogen (secondary N) is 1. The first-order valence-electron chi connectivity index (χ1n) is 6.18. The fraction of sp³-hybridized carbons (Fsp3) is 0. The van der Waals surface area contributed by atoms with Crippen molar-refractivity contribution in [2.75, 3.05) is 5.32 Å². The molecule has 2 aromatic carbocycles. The topological polar surface area (TPSA) is 154 Å². The first-order chi connectivity index (χ1) is 11.0. The van der Waals surface area contributed by atoms with Gasteiger partial charge in [-0.15, -0.1) is 0 Å². The molecule has 0 aliphatic carbocycles. The Hall–Kier alpha value is -3.69. The van der Waals surface area contributed by atoms with Crippen molar-refractivity contribution >= 4 is 34.1 Å². The van der Waals surface area contributed by atoms with Gasteiger partial charge in [0, 0.05) is 5.69 Å². The SMILES string of the molecule is O=C(O)c1cc(Nc2ccc3nonc3c2[N+](=O)[O-])ccc1[O-]. The van der Waals surface area contributed by atoms with Gasteiger partial charge in [0.2, 0.25) is 5.52 Å². The van der Waals surface area contributed by atoms with Crippen molar-refractivity contribution in [1.82, 2.24) is 10.3 Å². The molecule has 0 radical (unpaired) electrons. The maximum absolute atomic E-state index is 11.4. The summed E-state index contributed by atoms with van der Waals surface area (Å²) in [4.78, 5) is 21.6. The van der Waals surface area contributed by atoms with Crippen molar-refractivity contribution in [1.29, 1.82) is 0 Å². The van der Waals surface area contributed by atoms with E-state index >= 15 is 0 Å². The molecule has 0 spiro atoms. The van der Waals surface area contributed by atoms with Gasteiger partial charge in [0.25, 0.3) is 0 Å². The highest BCUT2D eigenvalue weighted by Gasteiger charge is 2.22. The van der Waals surface area contributed by atoms with Crippen LogP contribution >= 0.6 is 0 Å². The Morgan fingerprint density at radius 2 is 2.04 bits per heavy atom. The molecule has 3 aromatic rings. The Balaban J connectivity index is 2.08. The predicted molar refractivity (Wildman–Crippen MR) is 74.6 cm³/mol. The maximum Gasteiger partial charge on any atom is 0.335 e. The van der Waals surface area contributed by atoms with Crippen LogP contribution in [0.4, 0.5) is 17.1 Å². The maximum atomic E-state index is 11.4. The van der Waals surface area contributed by atoms with E-state index in [0.29, 0.717) is 0 Å². The molecule has 23 heavy (non-hydrogen) atoms. The van der Waals surface area contributed by atoms with Gasteiger partial charge in [0.15, 0.2) is 0 Å². The van der Waals surface area contributed by atoms with E-state index in [0.717, 1.165) is 12.1 Å². The summed E-state index contributed by atoms with van der Waals surface area (Å²) in [5.41, 5.74) is -0.370. The summed E-state index contributed by atoms with van der Waals surface area (Å²) < 4.78 is 4.48. The zero-order valence-electron chi connectivity index (χ0n) is 11.2. The van der Waals surface area contributed by atoms with Gasteiger partial charge in [-0.3, -0.25) is 10.1 Å². The van der Waals surface area contributed by atoms with Crippen LogP contribution in [0.1, 0.15) is 10.4 Å². The molecule has 0 fully saturated rings. The van der Waals surface area contributed by atoms with Crippen LogP contribution < -0.4 is 10.4 Å². The van der Waals surface area contributed by atoms with Gasteiger partial charge in [-0.2, -0.15) is 0 Å². The number of carboxylic acids is 1. The molecule has 3 rings (SSSR count). The number of rotatable bonds is 4.